The number of rotatable bonds is 2. The molecule has 1 aromatic carbocycles. The van der Waals surface area contributed by atoms with Crippen LogP contribution in [-0.4, -0.2) is 22.9 Å². The number of carboxylic acids is 1. The van der Waals surface area contributed by atoms with Crippen molar-refractivity contribution < 1.29 is 23.1 Å². The Labute approximate surface area is 99.0 Å². The molecule has 0 bridgehead atoms. The number of nitrogens with one attached hydrogen (secondary N) is 1. The molecule has 17 heavy (non-hydrogen) atoms. The predicted octanol–water partition coefficient (Wildman–Crippen LogP) is 1.89. The Balaban J connectivity index is 2.22. The number of thioether (sulfide) groups is 1. The maximum absolute atomic E-state index is 13.0. The van der Waals surface area contributed by atoms with Gasteiger partial charge in [-0.15, -0.1) is 11.8 Å². The first-order valence-electron chi connectivity index (χ1n) is 4.74. The van der Waals surface area contributed by atoms with E-state index in [1.165, 1.54) is 11.8 Å². The molecule has 0 amide bonds. The highest BCUT2D eigenvalue weighted by molar-refractivity contribution is 7.99. The zero-order chi connectivity index (χ0) is 12.6. The lowest BCUT2D eigenvalue weighted by molar-refractivity contribution is -0.138. The summed E-state index contributed by atoms with van der Waals surface area (Å²) < 4.78 is 38.7. The van der Waals surface area contributed by atoms with Gasteiger partial charge >= 0.3 is 5.97 Å². The Bertz CT molecular complexity index is 446. The summed E-state index contributed by atoms with van der Waals surface area (Å²) >= 11 is 1.21. The highest BCUT2D eigenvalue weighted by Crippen LogP contribution is 2.33. The van der Waals surface area contributed by atoms with Crippen LogP contribution in [0.25, 0.3) is 0 Å². The topological polar surface area (TPSA) is 49.3 Å². The first-order valence-corrected chi connectivity index (χ1v) is 5.79. The summed E-state index contributed by atoms with van der Waals surface area (Å²) in [6, 6.07) is 0.974. The fourth-order valence-electron chi connectivity index (χ4n) is 1.53. The van der Waals surface area contributed by atoms with Gasteiger partial charge in [0.2, 0.25) is 0 Å². The number of carbonyl (C=O) groups is 1. The Morgan fingerprint density at radius 3 is 2.41 bits per heavy atom. The molecule has 1 aliphatic rings. The van der Waals surface area contributed by atoms with E-state index in [0.29, 0.717) is 5.75 Å². The highest BCUT2D eigenvalue weighted by Gasteiger charge is 2.31. The monoisotopic (exact) mass is 263 g/mol. The van der Waals surface area contributed by atoms with Crippen LogP contribution in [0.2, 0.25) is 0 Å². The van der Waals surface area contributed by atoms with Gasteiger partial charge in [-0.05, 0) is 17.7 Å². The van der Waals surface area contributed by atoms with E-state index in [2.05, 4.69) is 5.32 Å². The minimum absolute atomic E-state index is 0.190. The smallest absolute Gasteiger partial charge is 0.321 e. The van der Waals surface area contributed by atoms with Gasteiger partial charge in [-0.1, -0.05) is 0 Å². The lowest BCUT2D eigenvalue weighted by Gasteiger charge is -2.11. The number of benzene rings is 1. The average Bonchev–Trinajstić information content (AvgIpc) is 2.74. The van der Waals surface area contributed by atoms with Crippen LogP contribution in [0.3, 0.4) is 0 Å². The van der Waals surface area contributed by atoms with E-state index in [-0.39, 0.29) is 5.56 Å². The molecule has 2 atom stereocenters. The average molecular weight is 263 g/mol. The molecule has 7 heteroatoms. The molecule has 2 N–H and O–H groups in total. The van der Waals surface area contributed by atoms with Crippen LogP contribution in [0.5, 0.6) is 0 Å². The molecule has 1 unspecified atom stereocenters. The van der Waals surface area contributed by atoms with Gasteiger partial charge in [0.1, 0.15) is 6.04 Å². The molecule has 0 radical (unpaired) electrons. The van der Waals surface area contributed by atoms with Crippen LogP contribution in [0.1, 0.15) is 10.9 Å². The lowest BCUT2D eigenvalue weighted by Crippen LogP contribution is -2.33. The minimum Gasteiger partial charge on any atom is -0.480 e. The second-order valence-corrected chi connectivity index (χ2v) is 4.71. The third-order valence-corrected chi connectivity index (χ3v) is 3.66. The number of aliphatic carboxylic acids is 1. The summed E-state index contributed by atoms with van der Waals surface area (Å²) in [5, 5.41) is 10.9. The molecular weight excluding hydrogens is 255 g/mol. The van der Waals surface area contributed by atoms with Crippen LogP contribution in [0.15, 0.2) is 12.1 Å². The molecule has 1 heterocycles. The Morgan fingerprint density at radius 2 is 1.94 bits per heavy atom. The lowest BCUT2D eigenvalue weighted by atomic mass is 10.2. The van der Waals surface area contributed by atoms with Gasteiger partial charge in [-0.3, -0.25) is 10.1 Å². The Kier molecular flexibility index (Phi) is 3.30. The second-order valence-electron chi connectivity index (χ2n) is 3.57. The van der Waals surface area contributed by atoms with Crippen molar-refractivity contribution in [3.05, 3.63) is 35.1 Å². The van der Waals surface area contributed by atoms with Crippen molar-refractivity contribution >= 4 is 17.7 Å². The summed E-state index contributed by atoms with van der Waals surface area (Å²) in [5.41, 5.74) is 0.190. The number of carboxylic acid groups (broad SMARTS) is 1. The van der Waals surface area contributed by atoms with Crippen LogP contribution in [0, 0.1) is 17.5 Å². The molecule has 1 aliphatic heterocycles. The van der Waals surface area contributed by atoms with Crippen LogP contribution in [0.4, 0.5) is 13.2 Å². The summed E-state index contributed by atoms with van der Waals surface area (Å²) in [5.74, 6) is -4.81. The van der Waals surface area contributed by atoms with Crippen molar-refractivity contribution in [1.29, 1.82) is 0 Å². The fourth-order valence-corrected chi connectivity index (χ4v) is 2.75. The molecule has 1 saturated heterocycles. The number of hydrogen-bond donors (Lipinski definition) is 2. The maximum Gasteiger partial charge on any atom is 0.321 e. The van der Waals surface area contributed by atoms with Crippen molar-refractivity contribution in [3.63, 3.8) is 0 Å². The van der Waals surface area contributed by atoms with E-state index < -0.39 is 34.8 Å². The predicted molar refractivity (Wildman–Crippen MR) is 56.1 cm³/mol. The zero-order valence-corrected chi connectivity index (χ0v) is 9.23. The molecule has 3 nitrogen and oxygen atoms in total. The van der Waals surface area contributed by atoms with E-state index in [0.717, 1.165) is 12.1 Å². The molecule has 1 fully saturated rings. The standard InChI is InChI=1S/C10H8F3NO2S/c11-5-1-4(2-6(12)8(5)13)9-14-7(3-17-9)10(15)16/h1-2,7,9,14H,3H2,(H,15,16)/t7-,9?/m1/s1. The summed E-state index contributed by atoms with van der Waals surface area (Å²) in [6.45, 7) is 0. The maximum atomic E-state index is 13.0. The van der Waals surface area contributed by atoms with Gasteiger partial charge in [0, 0.05) is 5.75 Å². The van der Waals surface area contributed by atoms with E-state index in [1.807, 2.05) is 0 Å². The highest BCUT2D eigenvalue weighted by atomic mass is 32.2. The van der Waals surface area contributed by atoms with E-state index in [9.17, 15) is 18.0 Å². The number of halogens is 3. The molecule has 2 rings (SSSR count). The van der Waals surface area contributed by atoms with Gasteiger partial charge in [0.15, 0.2) is 17.5 Å². The summed E-state index contributed by atoms with van der Waals surface area (Å²) in [4.78, 5) is 10.7. The van der Waals surface area contributed by atoms with Gasteiger partial charge in [0.25, 0.3) is 0 Å². The van der Waals surface area contributed by atoms with E-state index in [4.69, 9.17) is 5.11 Å². The molecular formula is C10H8F3NO2S. The quantitative estimate of drug-likeness (QED) is 0.800. The fraction of sp³-hybridized carbons (Fsp3) is 0.300. The second kappa shape index (κ2) is 4.58. The Hall–Kier alpha value is -1.21. The van der Waals surface area contributed by atoms with Crippen LogP contribution >= 0.6 is 11.8 Å². The van der Waals surface area contributed by atoms with Crippen molar-refractivity contribution in [3.8, 4) is 0 Å². The summed E-state index contributed by atoms with van der Waals surface area (Å²) in [6.07, 6.45) is 0. The van der Waals surface area contributed by atoms with Crippen molar-refractivity contribution in [2.75, 3.05) is 5.75 Å². The normalized spacial score (nSPS) is 23.9. The zero-order valence-electron chi connectivity index (χ0n) is 8.41. The first-order chi connectivity index (χ1) is 7.99. The molecule has 92 valence electrons. The van der Waals surface area contributed by atoms with E-state index in [1.54, 1.807) is 0 Å². The number of hydrogen-bond acceptors (Lipinski definition) is 3. The largest absolute Gasteiger partial charge is 0.480 e. The van der Waals surface area contributed by atoms with Crippen molar-refractivity contribution in [1.82, 2.24) is 5.32 Å². The first kappa shape index (κ1) is 12.3. The van der Waals surface area contributed by atoms with Gasteiger partial charge in [-0.25, -0.2) is 13.2 Å². The van der Waals surface area contributed by atoms with Gasteiger partial charge < -0.3 is 5.11 Å². The van der Waals surface area contributed by atoms with Crippen molar-refractivity contribution in [2.24, 2.45) is 0 Å². The Morgan fingerprint density at radius 1 is 1.35 bits per heavy atom. The SMILES string of the molecule is O=C(O)[C@H]1CSC(c2cc(F)c(F)c(F)c2)N1. The van der Waals surface area contributed by atoms with Crippen LogP contribution in [-0.2, 0) is 4.79 Å². The van der Waals surface area contributed by atoms with Gasteiger partial charge in [0.05, 0.1) is 5.37 Å². The van der Waals surface area contributed by atoms with Crippen molar-refractivity contribution in [2.45, 2.75) is 11.4 Å². The molecule has 0 aliphatic carbocycles. The van der Waals surface area contributed by atoms with Gasteiger partial charge in [-0.2, -0.15) is 0 Å². The molecule has 1 aromatic rings. The third kappa shape index (κ3) is 2.39. The van der Waals surface area contributed by atoms with Crippen LogP contribution < -0.4 is 5.32 Å². The molecule has 0 aromatic heterocycles. The minimum atomic E-state index is -1.52. The van der Waals surface area contributed by atoms with E-state index >= 15 is 0 Å². The molecule has 0 spiro atoms. The third-order valence-electron chi connectivity index (χ3n) is 2.39. The summed E-state index contributed by atoms with van der Waals surface area (Å²) in [7, 11) is 0. The molecule has 0 saturated carbocycles.